The number of amides is 1. The van der Waals surface area contributed by atoms with E-state index in [1.54, 1.807) is 32.4 Å². The second-order valence-corrected chi connectivity index (χ2v) is 8.58. The predicted octanol–water partition coefficient (Wildman–Crippen LogP) is 6.45. The third-order valence-electron chi connectivity index (χ3n) is 5.41. The van der Waals surface area contributed by atoms with Crippen molar-refractivity contribution in [1.82, 2.24) is 4.90 Å². The molecule has 31 heavy (non-hydrogen) atoms. The van der Waals surface area contributed by atoms with E-state index in [2.05, 4.69) is 0 Å². The SMILES string of the molecule is COc1cc2c(cc1OC)[C@@H](c1cccc(Cl)c1)N(C(=O)c1cc(Cl)cc(Cl)c1)CC2. The largest absolute Gasteiger partial charge is 0.493 e. The van der Waals surface area contributed by atoms with Crippen LogP contribution in [-0.2, 0) is 6.42 Å². The van der Waals surface area contributed by atoms with Crippen LogP contribution < -0.4 is 9.47 Å². The van der Waals surface area contributed by atoms with Crippen LogP contribution in [-0.4, -0.2) is 31.6 Å². The molecule has 7 heteroatoms. The third-order valence-corrected chi connectivity index (χ3v) is 6.08. The molecule has 1 heterocycles. The van der Waals surface area contributed by atoms with E-state index in [1.165, 1.54) is 0 Å². The summed E-state index contributed by atoms with van der Waals surface area (Å²) in [5.41, 5.74) is 3.40. The summed E-state index contributed by atoms with van der Waals surface area (Å²) < 4.78 is 11.0. The molecule has 0 fully saturated rings. The van der Waals surface area contributed by atoms with Crippen LogP contribution in [0.15, 0.2) is 54.6 Å². The van der Waals surface area contributed by atoms with Crippen molar-refractivity contribution in [3.05, 3.63) is 91.9 Å². The van der Waals surface area contributed by atoms with E-state index < -0.39 is 0 Å². The summed E-state index contributed by atoms with van der Waals surface area (Å²) >= 11 is 18.6. The summed E-state index contributed by atoms with van der Waals surface area (Å²) in [5, 5.41) is 1.43. The summed E-state index contributed by atoms with van der Waals surface area (Å²) in [4.78, 5) is 15.4. The highest BCUT2D eigenvalue weighted by Gasteiger charge is 2.34. The number of hydrogen-bond acceptors (Lipinski definition) is 3. The van der Waals surface area contributed by atoms with Gasteiger partial charge in [-0.25, -0.2) is 0 Å². The topological polar surface area (TPSA) is 38.8 Å². The monoisotopic (exact) mass is 475 g/mol. The van der Waals surface area contributed by atoms with Crippen molar-refractivity contribution in [1.29, 1.82) is 0 Å². The maximum atomic E-state index is 13.6. The van der Waals surface area contributed by atoms with Crippen molar-refractivity contribution in [2.75, 3.05) is 20.8 Å². The van der Waals surface area contributed by atoms with E-state index >= 15 is 0 Å². The number of benzene rings is 3. The van der Waals surface area contributed by atoms with Crippen molar-refractivity contribution in [3.8, 4) is 11.5 Å². The fourth-order valence-corrected chi connectivity index (χ4v) is 4.77. The van der Waals surface area contributed by atoms with Gasteiger partial charge in [0.1, 0.15) is 0 Å². The molecule has 0 saturated carbocycles. The molecule has 0 bridgehead atoms. The standard InChI is InChI=1S/C24H20Cl3NO3/c1-30-21-11-14-6-7-28(24(29)16-9-18(26)12-19(27)10-16)23(20(14)13-22(21)31-2)15-4-3-5-17(25)8-15/h3-5,8-13,23H,6-7H2,1-2H3/t23-/m1/s1. The van der Waals surface area contributed by atoms with Gasteiger partial charge in [-0.3, -0.25) is 4.79 Å². The zero-order chi connectivity index (χ0) is 22.1. The van der Waals surface area contributed by atoms with Crippen LogP contribution in [0.25, 0.3) is 0 Å². The van der Waals surface area contributed by atoms with Gasteiger partial charge < -0.3 is 14.4 Å². The lowest BCUT2D eigenvalue weighted by atomic mass is 9.87. The first-order valence-corrected chi connectivity index (χ1v) is 10.8. The van der Waals surface area contributed by atoms with Gasteiger partial charge >= 0.3 is 0 Å². The van der Waals surface area contributed by atoms with E-state index in [9.17, 15) is 4.79 Å². The molecule has 0 radical (unpaired) electrons. The molecule has 3 aromatic carbocycles. The van der Waals surface area contributed by atoms with Crippen molar-refractivity contribution in [3.63, 3.8) is 0 Å². The quantitative estimate of drug-likeness (QED) is 0.434. The Kier molecular flexibility index (Phi) is 6.33. The zero-order valence-electron chi connectivity index (χ0n) is 17.0. The number of carbonyl (C=O) groups excluding carboxylic acids is 1. The minimum atomic E-state index is -0.354. The number of nitrogens with zero attached hydrogens (tertiary/aromatic N) is 1. The lowest BCUT2D eigenvalue weighted by molar-refractivity contribution is 0.0694. The van der Waals surface area contributed by atoms with E-state index in [0.29, 0.717) is 45.1 Å². The average molecular weight is 477 g/mol. The van der Waals surface area contributed by atoms with Gasteiger partial charge in [0.05, 0.1) is 20.3 Å². The number of fused-ring (bicyclic) bond motifs is 1. The number of halogens is 3. The van der Waals surface area contributed by atoms with Gasteiger partial charge in [0.25, 0.3) is 5.91 Å². The summed E-state index contributed by atoms with van der Waals surface area (Å²) in [5.74, 6) is 1.11. The molecule has 4 rings (SSSR count). The summed E-state index contributed by atoms with van der Waals surface area (Å²) in [6, 6.07) is 16.0. The molecule has 4 nitrogen and oxygen atoms in total. The number of ether oxygens (including phenoxy) is 2. The number of carbonyl (C=O) groups is 1. The minimum Gasteiger partial charge on any atom is -0.493 e. The Morgan fingerprint density at radius 3 is 2.23 bits per heavy atom. The number of hydrogen-bond donors (Lipinski definition) is 0. The lowest BCUT2D eigenvalue weighted by Gasteiger charge is -2.38. The molecular weight excluding hydrogens is 457 g/mol. The zero-order valence-corrected chi connectivity index (χ0v) is 19.3. The van der Waals surface area contributed by atoms with Gasteiger partial charge in [-0.2, -0.15) is 0 Å². The predicted molar refractivity (Wildman–Crippen MR) is 124 cm³/mol. The lowest BCUT2D eigenvalue weighted by Crippen LogP contribution is -2.40. The highest BCUT2D eigenvalue weighted by molar-refractivity contribution is 6.35. The van der Waals surface area contributed by atoms with Gasteiger partial charge in [-0.15, -0.1) is 0 Å². The highest BCUT2D eigenvalue weighted by Crippen LogP contribution is 2.42. The fourth-order valence-electron chi connectivity index (χ4n) is 4.04. The smallest absolute Gasteiger partial charge is 0.254 e. The summed E-state index contributed by atoms with van der Waals surface area (Å²) in [7, 11) is 3.21. The van der Waals surface area contributed by atoms with Crippen LogP contribution in [0.2, 0.25) is 15.1 Å². The molecule has 1 aliphatic rings. The molecule has 0 N–H and O–H groups in total. The third kappa shape index (κ3) is 4.33. The van der Waals surface area contributed by atoms with Crippen LogP contribution in [0.1, 0.15) is 33.1 Å². The van der Waals surface area contributed by atoms with Crippen molar-refractivity contribution < 1.29 is 14.3 Å². The van der Waals surface area contributed by atoms with Crippen molar-refractivity contribution >= 4 is 40.7 Å². The molecular formula is C24H20Cl3NO3. The first-order chi connectivity index (χ1) is 14.9. The Hall–Kier alpha value is -2.40. The van der Waals surface area contributed by atoms with Crippen LogP contribution in [0.3, 0.4) is 0 Å². The van der Waals surface area contributed by atoms with E-state index in [-0.39, 0.29) is 11.9 Å². The minimum absolute atomic E-state index is 0.158. The molecule has 1 atom stereocenters. The second kappa shape index (κ2) is 8.99. The molecule has 1 amide bonds. The maximum absolute atomic E-state index is 13.6. The van der Waals surface area contributed by atoms with Gasteiger partial charge in [0.15, 0.2) is 11.5 Å². The Morgan fingerprint density at radius 1 is 0.903 bits per heavy atom. The molecule has 1 aliphatic heterocycles. The highest BCUT2D eigenvalue weighted by atomic mass is 35.5. The van der Waals surface area contributed by atoms with E-state index in [1.807, 2.05) is 41.3 Å². The molecule has 3 aromatic rings. The first-order valence-electron chi connectivity index (χ1n) is 9.68. The fraction of sp³-hybridized carbons (Fsp3) is 0.208. The van der Waals surface area contributed by atoms with Crippen molar-refractivity contribution in [2.24, 2.45) is 0 Å². The molecule has 0 saturated heterocycles. The van der Waals surface area contributed by atoms with Gasteiger partial charge in [-0.05, 0) is 65.6 Å². The van der Waals surface area contributed by atoms with Crippen LogP contribution in [0, 0.1) is 0 Å². The van der Waals surface area contributed by atoms with E-state index in [4.69, 9.17) is 44.3 Å². The van der Waals surface area contributed by atoms with Crippen LogP contribution >= 0.6 is 34.8 Å². The second-order valence-electron chi connectivity index (χ2n) is 7.27. The van der Waals surface area contributed by atoms with Gasteiger partial charge in [-0.1, -0.05) is 46.9 Å². The van der Waals surface area contributed by atoms with Crippen LogP contribution in [0.4, 0.5) is 0 Å². The van der Waals surface area contributed by atoms with E-state index in [0.717, 1.165) is 16.7 Å². The molecule has 160 valence electrons. The Balaban J connectivity index is 1.87. The Bertz CT molecular complexity index is 1130. The molecule has 0 aliphatic carbocycles. The average Bonchev–Trinajstić information content (AvgIpc) is 2.76. The maximum Gasteiger partial charge on any atom is 0.254 e. The molecule has 0 aromatic heterocycles. The van der Waals surface area contributed by atoms with Crippen LogP contribution in [0.5, 0.6) is 11.5 Å². The number of methoxy groups -OCH3 is 2. The van der Waals surface area contributed by atoms with Gasteiger partial charge in [0, 0.05) is 27.2 Å². The Morgan fingerprint density at radius 2 is 1.58 bits per heavy atom. The first kappa shape index (κ1) is 21.8. The number of rotatable bonds is 4. The molecule has 0 spiro atoms. The normalized spacial score (nSPS) is 15.4. The van der Waals surface area contributed by atoms with Gasteiger partial charge in [0.2, 0.25) is 0 Å². The summed E-state index contributed by atoms with van der Waals surface area (Å²) in [6.45, 7) is 0.516. The van der Waals surface area contributed by atoms with Crippen molar-refractivity contribution in [2.45, 2.75) is 12.5 Å². The molecule has 0 unspecified atom stereocenters. The Labute approximate surface area is 196 Å². The summed E-state index contributed by atoms with van der Waals surface area (Å²) in [6.07, 6.45) is 0.673.